The Labute approximate surface area is 384 Å². The van der Waals surface area contributed by atoms with Crippen molar-refractivity contribution in [1.29, 1.82) is 0 Å². The van der Waals surface area contributed by atoms with Gasteiger partial charge in [0.15, 0.2) is 0 Å². The summed E-state index contributed by atoms with van der Waals surface area (Å²) in [7, 11) is 1.38. The molecule has 0 radical (unpaired) electrons. The molecule has 2 aromatic carbocycles. The number of aromatic amines is 1. The maximum atomic E-state index is 14.9. The first-order valence-electron chi connectivity index (χ1n) is 22.1. The van der Waals surface area contributed by atoms with E-state index in [2.05, 4.69) is 26.3 Å². The van der Waals surface area contributed by atoms with Crippen LogP contribution in [0.15, 0.2) is 42.5 Å². The molecule has 4 amide bonds. The number of nitrogens with one attached hydrogen (secondary N) is 5. The van der Waals surface area contributed by atoms with E-state index in [0.29, 0.717) is 36.9 Å². The molecule has 66 heavy (non-hydrogen) atoms. The molecule has 3 unspecified atom stereocenters. The summed E-state index contributed by atoms with van der Waals surface area (Å²) < 4.78 is 99.3. The molecule has 22 heteroatoms. The highest BCUT2D eigenvalue weighted by Gasteiger charge is 2.48. The molecule has 1 aromatic heterocycles. The number of H-pyrrole nitrogens is 1. The van der Waals surface area contributed by atoms with Crippen molar-refractivity contribution < 1.29 is 54.7 Å². The number of para-hydroxylation sites is 1. The molecule has 6 atom stereocenters. The van der Waals surface area contributed by atoms with Gasteiger partial charge in [0.1, 0.15) is 23.4 Å². The van der Waals surface area contributed by atoms with Gasteiger partial charge in [-0.15, -0.1) is 0 Å². The first kappa shape index (κ1) is 54.4. The Balaban J connectivity index is 1.58. The van der Waals surface area contributed by atoms with E-state index in [4.69, 9.17) is 8.83 Å². The number of hydrogen-bond donors (Lipinski definition) is 5. The largest absolute Gasteiger partial charge is 0.418 e. The second-order valence-electron chi connectivity index (χ2n) is 17.5. The summed E-state index contributed by atoms with van der Waals surface area (Å²) in [6.45, 7) is 7.20. The lowest BCUT2D eigenvalue weighted by molar-refractivity contribution is -0.139. The zero-order valence-corrected chi connectivity index (χ0v) is 41.2. The van der Waals surface area contributed by atoms with Crippen LogP contribution >= 0.6 is 15.4 Å². The van der Waals surface area contributed by atoms with E-state index in [9.17, 15) is 45.9 Å². The monoisotopic (exact) mass is 972 g/mol. The number of carbonyl (C=O) groups is 4. The summed E-state index contributed by atoms with van der Waals surface area (Å²) in [6.07, 6.45) is -3.78. The first-order chi connectivity index (χ1) is 30.8. The van der Waals surface area contributed by atoms with Crippen molar-refractivity contribution >= 4 is 49.9 Å². The predicted octanol–water partition coefficient (Wildman–Crippen LogP) is 6.80. The van der Waals surface area contributed by atoms with Crippen molar-refractivity contribution in [1.82, 2.24) is 40.3 Å². The summed E-state index contributed by atoms with van der Waals surface area (Å²) in [4.78, 5) is 59.5. The van der Waals surface area contributed by atoms with Gasteiger partial charge in [-0.05, 0) is 103 Å². The van der Waals surface area contributed by atoms with Crippen LogP contribution in [-0.4, -0.2) is 116 Å². The van der Waals surface area contributed by atoms with Crippen LogP contribution in [0.1, 0.15) is 82.2 Å². The van der Waals surface area contributed by atoms with Crippen molar-refractivity contribution in [3.05, 3.63) is 70.7 Å². The minimum absolute atomic E-state index is 0.0541. The number of rotatable bonds is 23. The van der Waals surface area contributed by atoms with Gasteiger partial charge in [0.05, 0.1) is 24.1 Å². The number of nitrogens with zero attached hydrogens (tertiary/aromatic N) is 3. The minimum Gasteiger partial charge on any atom is -0.358 e. The molecule has 5 N–H and O–H groups in total. The average Bonchev–Trinajstić information content (AvgIpc) is 3.62. The highest BCUT2D eigenvalue weighted by Crippen LogP contribution is 2.66. The number of hydrogen-bond acceptors (Lipinski definition) is 8. The van der Waals surface area contributed by atoms with E-state index < -0.39 is 86.1 Å². The minimum atomic E-state index is -4.68. The number of carbonyl (C=O) groups excluding carboxylic acids is 4. The van der Waals surface area contributed by atoms with E-state index in [1.54, 1.807) is 19.9 Å². The lowest BCUT2D eigenvalue weighted by Gasteiger charge is -2.39. The lowest BCUT2D eigenvalue weighted by atomic mass is 9.78. The van der Waals surface area contributed by atoms with E-state index in [-0.39, 0.29) is 55.3 Å². The van der Waals surface area contributed by atoms with Gasteiger partial charge in [-0.1, -0.05) is 70.9 Å². The maximum Gasteiger partial charge on any atom is 0.418 e. The van der Waals surface area contributed by atoms with E-state index in [0.717, 1.165) is 6.07 Å². The normalized spacial score (nSPS) is 18.3. The molecule has 0 saturated heterocycles. The number of fused-ring (bicyclic) bond motifs is 3. The molecule has 0 aliphatic heterocycles. The van der Waals surface area contributed by atoms with Crippen molar-refractivity contribution in [2.75, 3.05) is 55.4 Å². The number of aromatic nitrogens is 1. The van der Waals surface area contributed by atoms with Crippen molar-refractivity contribution in [3.63, 3.8) is 0 Å². The summed E-state index contributed by atoms with van der Waals surface area (Å²) in [5.41, 5.74) is -1.87. The highest BCUT2D eigenvalue weighted by atomic mass is 31.3. The molecule has 4 rings (SSSR count). The third-order valence-electron chi connectivity index (χ3n) is 12.2. The molecule has 368 valence electrons. The molecular weight excluding hydrogens is 906 g/mol. The SMILES string of the molecule is CCC(C)[C@H](NC(=O)Cc1ccccc1F)C(=O)N[C@]1(C(=O)N[C@H](C(=O)NCCCCOP(=O)(OP(=O)(N(C)C)N(C)C)N(C)C)C(C)CC)CCc2[nH]c3c(C(F)(F)F)cccc3c2C1. The number of alkyl halides is 3. The summed E-state index contributed by atoms with van der Waals surface area (Å²) >= 11 is 0. The van der Waals surface area contributed by atoms with Crippen LogP contribution in [0, 0.1) is 17.7 Å². The summed E-state index contributed by atoms with van der Waals surface area (Å²) in [5.74, 6) is -4.14. The number of benzene rings is 2. The number of amides is 4. The average molecular weight is 973 g/mol. The molecule has 0 spiro atoms. The second kappa shape index (κ2) is 22.8. The van der Waals surface area contributed by atoms with Gasteiger partial charge in [0.25, 0.3) is 0 Å². The predicted molar refractivity (Wildman–Crippen MR) is 245 cm³/mol. The molecule has 1 aliphatic rings. The Morgan fingerprint density at radius 3 is 2.05 bits per heavy atom. The van der Waals surface area contributed by atoms with Gasteiger partial charge in [0, 0.05) is 24.0 Å². The van der Waals surface area contributed by atoms with Crippen LogP contribution in [0.3, 0.4) is 0 Å². The molecule has 0 saturated carbocycles. The zero-order valence-electron chi connectivity index (χ0n) is 39.4. The van der Waals surface area contributed by atoms with Crippen LogP contribution in [0.2, 0.25) is 0 Å². The Kier molecular flexibility index (Phi) is 18.8. The van der Waals surface area contributed by atoms with Crippen LogP contribution in [-0.2, 0) is 62.6 Å². The fourth-order valence-corrected chi connectivity index (χ4v) is 12.0. The molecular formula is C44H66F4N8O8P2. The second-order valence-corrected chi connectivity index (χ2v) is 22.7. The fraction of sp³-hybridized carbons (Fsp3) is 0.591. The van der Waals surface area contributed by atoms with Crippen LogP contribution in [0.5, 0.6) is 0 Å². The van der Waals surface area contributed by atoms with Gasteiger partial charge in [-0.3, -0.25) is 28.3 Å². The molecule has 0 fully saturated rings. The van der Waals surface area contributed by atoms with Crippen LogP contribution < -0.4 is 21.3 Å². The van der Waals surface area contributed by atoms with Gasteiger partial charge in [0.2, 0.25) is 23.6 Å². The molecule has 16 nitrogen and oxygen atoms in total. The third-order valence-corrected chi connectivity index (χ3v) is 17.3. The van der Waals surface area contributed by atoms with Crippen LogP contribution in [0.25, 0.3) is 10.9 Å². The van der Waals surface area contributed by atoms with E-state index in [1.807, 2.05) is 13.8 Å². The summed E-state index contributed by atoms with van der Waals surface area (Å²) in [5, 5.41) is 11.6. The lowest BCUT2D eigenvalue weighted by Crippen LogP contribution is -2.67. The smallest absolute Gasteiger partial charge is 0.358 e. The van der Waals surface area contributed by atoms with Gasteiger partial charge < -0.3 is 26.3 Å². The molecule has 1 aliphatic carbocycles. The van der Waals surface area contributed by atoms with Crippen molar-refractivity contribution in [3.8, 4) is 0 Å². The molecule has 3 aromatic rings. The zero-order chi connectivity index (χ0) is 49.4. The topological polar surface area (TPSA) is 195 Å². The number of aryl methyl sites for hydroxylation is 1. The van der Waals surface area contributed by atoms with E-state index >= 15 is 0 Å². The van der Waals surface area contributed by atoms with Gasteiger partial charge in [-0.2, -0.15) is 13.2 Å². The fourth-order valence-electron chi connectivity index (χ4n) is 7.68. The maximum absolute atomic E-state index is 14.9. The van der Waals surface area contributed by atoms with Crippen LogP contribution in [0.4, 0.5) is 17.6 Å². The Bertz CT molecular complexity index is 2280. The van der Waals surface area contributed by atoms with Crippen molar-refractivity contribution in [2.24, 2.45) is 11.8 Å². The molecule has 1 heterocycles. The Hall–Kier alpha value is -4.16. The van der Waals surface area contributed by atoms with E-state index in [1.165, 1.54) is 86.6 Å². The number of halogens is 4. The Morgan fingerprint density at radius 2 is 1.47 bits per heavy atom. The third kappa shape index (κ3) is 12.9. The van der Waals surface area contributed by atoms with Crippen molar-refractivity contribution in [2.45, 2.75) is 103 Å². The highest BCUT2D eigenvalue weighted by molar-refractivity contribution is 7.66. The van der Waals surface area contributed by atoms with Gasteiger partial charge >= 0.3 is 21.6 Å². The molecule has 0 bridgehead atoms. The summed E-state index contributed by atoms with van der Waals surface area (Å²) in [6, 6.07) is 7.18. The standard InChI is InChI=1S/C44H66F4N8O8P2/c1-11-28(3)37(40(58)49-24-15-16-25-63-66(62,56(9)10)64-65(61,54(5)6)55(7)8)52-42(60)43(23-22-35-32(27-43)31-19-17-20-33(39(31)50-35)44(46,47)48)53-41(59)38(29(4)12-2)51-36(57)26-30-18-13-14-21-34(30)45/h13-14,17-21,28-29,37-38,50H,11-12,15-16,22-27H2,1-10H3,(H,49,58)(H,51,57)(H,52,60)(H,53,59)/t28?,29?,37-,38-,43+,66?/m0/s1. The first-order valence-corrected chi connectivity index (χ1v) is 25.1. The quantitative estimate of drug-likeness (QED) is 0.0381. The van der Waals surface area contributed by atoms with Gasteiger partial charge in [-0.25, -0.2) is 27.3 Å². The number of unbranched alkanes of at least 4 members (excludes halogenated alkanes) is 1. The Morgan fingerprint density at radius 1 is 0.848 bits per heavy atom.